The molecule has 116 valence electrons. The summed E-state index contributed by atoms with van der Waals surface area (Å²) in [6, 6.07) is 15.0. The van der Waals surface area contributed by atoms with Gasteiger partial charge >= 0.3 is 0 Å². The number of rotatable bonds is 1. The first kappa shape index (κ1) is 14.8. The van der Waals surface area contributed by atoms with Crippen molar-refractivity contribution in [2.45, 2.75) is 17.0 Å². The summed E-state index contributed by atoms with van der Waals surface area (Å²) in [7, 11) is 0. The Morgan fingerprint density at radius 1 is 1.13 bits per heavy atom. The Kier molecular flexibility index (Phi) is 3.28. The molecule has 4 rings (SSSR count). The summed E-state index contributed by atoms with van der Waals surface area (Å²) in [5.74, 6) is -0.214. The molecule has 2 amide bonds. The van der Waals surface area contributed by atoms with Crippen LogP contribution in [0.2, 0.25) is 0 Å². The highest BCUT2D eigenvalue weighted by atomic mass is 79.9. The maximum Gasteiger partial charge on any atom is 0.266 e. The Morgan fingerprint density at radius 3 is 2.57 bits per heavy atom. The number of nitrogens with one attached hydrogen (secondary N) is 1. The summed E-state index contributed by atoms with van der Waals surface area (Å²) in [5, 5.41) is 2.64. The summed E-state index contributed by atoms with van der Waals surface area (Å²) in [5.41, 5.74) is 2.34. The monoisotopic (exact) mass is 388 g/mol. The van der Waals surface area contributed by atoms with Crippen molar-refractivity contribution in [2.75, 3.05) is 10.2 Å². The molecule has 1 saturated heterocycles. The molecule has 1 spiro atoms. The lowest BCUT2D eigenvalue weighted by Gasteiger charge is -2.32. The zero-order valence-electron chi connectivity index (χ0n) is 12.2. The van der Waals surface area contributed by atoms with Crippen LogP contribution in [-0.2, 0) is 14.5 Å². The number of hydrogen-bond donors (Lipinski definition) is 1. The fourth-order valence-electron chi connectivity index (χ4n) is 3.15. The third kappa shape index (κ3) is 1.98. The van der Waals surface area contributed by atoms with Gasteiger partial charge in [0.25, 0.3) is 5.91 Å². The van der Waals surface area contributed by atoms with Crippen LogP contribution in [-0.4, -0.2) is 17.1 Å². The molecule has 23 heavy (non-hydrogen) atoms. The molecule has 4 nitrogen and oxygen atoms in total. The molecule has 2 aromatic carbocycles. The third-order valence-corrected chi connectivity index (χ3v) is 6.18. The second-order valence-electron chi connectivity index (χ2n) is 5.55. The molecule has 1 N–H and O–H groups in total. The van der Waals surface area contributed by atoms with E-state index in [2.05, 4.69) is 21.2 Å². The predicted octanol–water partition coefficient (Wildman–Crippen LogP) is 3.72. The first-order valence-electron chi connectivity index (χ1n) is 7.22. The van der Waals surface area contributed by atoms with Crippen molar-refractivity contribution in [3.63, 3.8) is 0 Å². The third-order valence-electron chi connectivity index (χ3n) is 4.16. The number of hydrogen-bond acceptors (Lipinski definition) is 3. The van der Waals surface area contributed by atoms with Gasteiger partial charge in [-0.1, -0.05) is 34.1 Å². The number of fused-ring (bicyclic) bond motifs is 2. The molecule has 2 aromatic rings. The van der Waals surface area contributed by atoms with Gasteiger partial charge in [0.2, 0.25) is 10.8 Å². The highest BCUT2D eigenvalue weighted by Gasteiger charge is 2.60. The number of halogens is 1. The Labute approximate surface area is 146 Å². The molecule has 0 unspecified atom stereocenters. The predicted molar refractivity (Wildman–Crippen MR) is 95.4 cm³/mol. The van der Waals surface area contributed by atoms with E-state index in [9.17, 15) is 9.59 Å². The Bertz CT molecular complexity index is 824. The van der Waals surface area contributed by atoms with Gasteiger partial charge in [0.05, 0.1) is 5.25 Å². The van der Waals surface area contributed by atoms with Gasteiger partial charge in [-0.2, -0.15) is 0 Å². The normalized spacial score (nSPS) is 25.8. The SMILES string of the molecule is C[C@@H]1S[C@@]2(C(=O)Nc3ccccc32)N(c2ccc(Br)cc2)C1=O. The molecule has 6 heteroatoms. The minimum atomic E-state index is -1.03. The number of amides is 2. The summed E-state index contributed by atoms with van der Waals surface area (Å²) >= 11 is 4.80. The van der Waals surface area contributed by atoms with Crippen LogP contribution < -0.4 is 10.2 Å². The molecule has 0 radical (unpaired) electrons. The smallest absolute Gasteiger partial charge is 0.266 e. The minimum absolute atomic E-state index is 0.0517. The topological polar surface area (TPSA) is 49.4 Å². The van der Waals surface area contributed by atoms with Gasteiger partial charge < -0.3 is 5.32 Å². The summed E-state index contributed by atoms with van der Waals surface area (Å²) < 4.78 is 0.930. The molecule has 2 aliphatic heterocycles. The number of benzene rings is 2. The number of thioether (sulfide) groups is 1. The first-order valence-corrected chi connectivity index (χ1v) is 8.90. The zero-order valence-corrected chi connectivity index (χ0v) is 14.6. The van der Waals surface area contributed by atoms with Gasteiger partial charge in [-0.15, -0.1) is 11.8 Å². The molecular formula is C17H13BrN2O2S. The van der Waals surface area contributed by atoms with Gasteiger partial charge in [-0.3, -0.25) is 14.5 Å². The van der Waals surface area contributed by atoms with Crippen LogP contribution in [0.4, 0.5) is 11.4 Å². The Hall–Kier alpha value is -1.79. The van der Waals surface area contributed by atoms with E-state index in [1.54, 1.807) is 4.90 Å². The number of carbonyl (C=O) groups excluding carboxylic acids is 2. The number of anilines is 2. The van der Waals surface area contributed by atoms with Crippen molar-refractivity contribution >= 4 is 50.9 Å². The fourth-order valence-corrected chi connectivity index (χ4v) is 4.90. The van der Waals surface area contributed by atoms with Crippen molar-refractivity contribution in [1.29, 1.82) is 0 Å². The van der Waals surface area contributed by atoms with Crippen LogP contribution in [0.3, 0.4) is 0 Å². The largest absolute Gasteiger partial charge is 0.323 e. The van der Waals surface area contributed by atoms with Gasteiger partial charge in [-0.05, 0) is 37.3 Å². The minimum Gasteiger partial charge on any atom is -0.323 e. The maximum atomic E-state index is 12.9. The van der Waals surface area contributed by atoms with E-state index in [0.29, 0.717) is 0 Å². The molecule has 2 aliphatic rings. The molecule has 1 fully saturated rings. The molecule has 0 aliphatic carbocycles. The van der Waals surface area contributed by atoms with Crippen molar-refractivity contribution in [3.8, 4) is 0 Å². The fraction of sp³-hybridized carbons (Fsp3) is 0.176. The van der Waals surface area contributed by atoms with Crippen molar-refractivity contribution < 1.29 is 9.59 Å². The first-order chi connectivity index (χ1) is 11.0. The van der Waals surface area contributed by atoms with Crippen LogP contribution in [0, 0.1) is 0 Å². The Balaban J connectivity index is 1.94. The van der Waals surface area contributed by atoms with Crippen LogP contribution in [0.25, 0.3) is 0 Å². The second-order valence-corrected chi connectivity index (χ2v) is 8.00. The van der Waals surface area contributed by atoms with E-state index in [0.717, 1.165) is 21.4 Å². The highest BCUT2D eigenvalue weighted by Crippen LogP contribution is 2.55. The van der Waals surface area contributed by atoms with Crippen LogP contribution in [0.15, 0.2) is 53.0 Å². The van der Waals surface area contributed by atoms with E-state index in [1.807, 2.05) is 55.5 Å². The van der Waals surface area contributed by atoms with Crippen molar-refractivity contribution in [1.82, 2.24) is 0 Å². The van der Waals surface area contributed by atoms with Gasteiger partial charge in [0, 0.05) is 21.4 Å². The van der Waals surface area contributed by atoms with Gasteiger partial charge in [0.15, 0.2) is 0 Å². The van der Waals surface area contributed by atoms with E-state index >= 15 is 0 Å². The summed E-state index contributed by atoms with van der Waals surface area (Å²) in [6.07, 6.45) is 0. The van der Waals surface area contributed by atoms with E-state index < -0.39 is 4.87 Å². The number of carbonyl (C=O) groups is 2. The lowest BCUT2D eigenvalue weighted by Crippen LogP contribution is -2.47. The Morgan fingerprint density at radius 2 is 1.83 bits per heavy atom. The molecule has 0 saturated carbocycles. The lowest BCUT2D eigenvalue weighted by atomic mass is 10.0. The molecular weight excluding hydrogens is 376 g/mol. The quantitative estimate of drug-likeness (QED) is 0.809. The van der Waals surface area contributed by atoms with Crippen LogP contribution in [0.5, 0.6) is 0 Å². The van der Waals surface area contributed by atoms with Crippen molar-refractivity contribution in [3.05, 3.63) is 58.6 Å². The molecule has 0 aromatic heterocycles. The standard InChI is InChI=1S/C17H13BrN2O2S/c1-10-15(21)20(12-8-6-11(18)7-9-12)17(23-10)13-4-2-3-5-14(13)19-16(17)22/h2-10H,1H3,(H,19,22)/t10-,17-/m0/s1. The zero-order chi connectivity index (χ0) is 16.2. The summed E-state index contributed by atoms with van der Waals surface area (Å²) in [4.78, 5) is 26.3. The lowest BCUT2D eigenvalue weighted by molar-refractivity contribution is -0.122. The van der Waals surface area contributed by atoms with E-state index in [-0.39, 0.29) is 17.1 Å². The number of nitrogens with zero attached hydrogens (tertiary/aromatic N) is 1. The van der Waals surface area contributed by atoms with E-state index in [4.69, 9.17) is 0 Å². The average molecular weight is 389 g/mol. The maximum absolute atomic E-state index is 12.9. The summed E-state index contributed by atoms with van der Waals surface area (Å²) in [6.45, 7) is 1.85. The molecule has 2 atom stereocenters. The highest BCUT2D eigenvalue weighted by molar-refractivity contribution is 9.10. The van der Waals surface area contributed by atoms with E-state index in [1.165, 1.54) is 11.8 Å². The van der Waals surface area contributed by atoms with Gasteiger partial charge in [0.1, 0.15) is 0 Å². The van der Waals surface area contributed by atoms with Crippen LogP contribution in [0.1, 0.15) is 12.5 Å². The number of para-hydroxylation sites is 1. The van der Waals surface area contributed by atoms with Gasteiger partial charge in [-0.25, -0.2) is 0 Å². The average Bonchev–Trinajstić information content (AvgIpc) is 2.97. The van der Waals surface area contributed by atoms with Crippen LogP contribution >= 0.6 is 27.7 Å². The second kappa shape index (κ2) is 5.11. The molecule has 2 heterocycles. The molecule has 0 bridgehead atoms. The van der Waals surface area contributed by atoms with Crippen molar-refractivity contribution in [2.24, 2.45) is 0 Å².